The molecule has 1 aromatic carbocycles. The van der Waals surface area contributed by atoms with Gasteiger partial charge in [0, 0.05) is 12.0 Å². The van der Waals surface area contributed by atoms with Crippen LogP contribution in [-0.4, -0.2) is 41.3 Å². The van der Waals surface area contributed by atoms with Crippen molar-refractivity contribution < 1.29 is 19.1 Å². The number of hydrogen-bond donors (Lipinski definition) is 0. The molecule has 2 atom stereocenters. The summed E-state index contributed by atoms with van der Waals surface area (Å²) in [5.74, 6) is -0.814. The maximum absolute atomic E-state index is 12.6. The van der Waals surface area contributed by atoms with Crippen molar-refractivity contribution in [1.82, 2.24) is 4.90 Å². The summed E-state index contributed by atoms with van der Waals surface area (Å²) in [5.41, 5.74) is -0.606. The zero-order valence-corrected chi connectivity index (χ0v) is 11.2. The van der Waals surface area contributed by atoms with Crippen molar-refractivity contribution in [1.29, 1.82) is 0 Å². The van der Waals surface area contributed by atoms with E-state index in [0.717, 1.165) is 0 Å². The molecule has 0 unspecified atom stereocenters. The summed E-state index contributed by atoms with van der Waals surface area (Å²) in [6.07, 6.45) is 1.10. The van der Waals surface area contributed by atoms with Crippen molar-refractivity contribution >= 4 is 17.7 Å². The number of nitrogens with zero attached hydrogens (tertiary/aromatic N) is 1. The Bertz CT molecular complexity index is 583. The number of carbonyl (C=O) groups excluding carboxylic acids is 3. The normalized spacial score (nSPS) is 27.8. The highest BCUT2D eigenvalue weighted by Gasteiger charge is 2.63. The van der Waals surface area contributed by atoms with Gasteiger partial charge in [-0.25, -0.2) is 4.79 Å². The summed E-state index contributed by atoms with van der Waals surface area (Å²) in [6.45, 7) is 0. The fourth-order valence-corrected chi connectivity index (χ4v) is 3.33. The first-order valence-corrected chi connectivity index (χ1v) is 6.60. The molecule has 0 aromatic heterocycles. The number of fused-ring (bicyclic) bond motifs is 2. The molecule has 5 heteroatoms. The minimum atomic E-state index is -1.09. The molecular weight excluding hydrogens is 258 g/mol. The third kappa shape index (κ3) is 1.59. The summed E-state index contributed by atoms with van der Waals surface area (Å²) < 4.78 is 4.83. The Balaban J connectivity index is 2.02. The van der Waals surface area contributed by atoms with Gasteiger partial charge in [0.2, 0.25) is 0 Å². The summed E-state index contributed by atoms with van der Waals surface area (Å²) in [7, 11) is 1.29. The first-order chi connectivity index (χ1) is 9.60. The molecular formula is C15H15NO4. The molecule has 1 aromatic rings. The standard InChI is InChI=1S/C15H15NO4/c1-20-14(19)15-8-7-11(12(17)9-15)16(15)13(18)10-5-3-2-4-6-10/h2-6,11H,7-9H2,1H3/t11-,15+/m0/s1. The quantitative estimate of drug-likeness (QED) is 0.759. The number of ether oxygens (including phenoxy) is 1. The van der Waals surface area contributed by atoms with E-state index in [1.165, 1.54) is 12.0 Å². The first kappa shape index (κ1) is 12.8. The topological polar surface area (TPSA) is 63.7 Å². The predicted octanol–water partition coefficient (Wildman–Crippen LogP) is 1.18. The summed E-state index contributed by atoms with van der Waals surface area (Å²) in [6, 6.07) is 8.24. The SMILES string of the molecule is COC(=O)[C@@]12CC[C@@H](C(=O)C1)N2C(=O)c1ccccc1. The van der Waals surface area contributed by atoms with E-state index in [0.29, 0.717) is 18.4 Å². The zero-order valence-electron chi connectivity index (χ0n) is 11.2. The van der Waals surface area contributed by atoms with Gasteiger partial charge in [-0.2, -0.15) is 0 Å². The van der Waals surface area contributed by atoms with Gasteiger partial charge in [-0.1, -0.05) is 18.2 Å². The number of esters is 1. The predicted molar refractivity (Wildman–Crippen MR) is 70.0 cm³/mol. The van der Waals surface area contributed by atoms with Crippen molar-refractivity contribution in [2.24, 2.45) is 0 Å². The van der Waals surface area contributed by atoms with Crippen LogP contribution in [-0.2, 0) is 14.3 Å². The molecule has 1 amide bonds. The summed E-state index contributed by atoms with van der Waals surface area (Å²) in [4.78, 5) is 38.2. The van der Waals surface area contributed by atoms with Gasteiger partial charge >= 0.3 is 5.97 Å². The van der Waals surface area contributed by atoms with E-state index in [2.05, 4.69) is 0 Å². The van der Waals surface area contributed by atoms with Crippen LogP contribution in [0.4, 0.5) is 0 Å². The van der Waals surface area contributed by atoms with Crippen LogP contribution in [0.3, 0.4) is 0 Å². The van der Waals surface area contributed by atoms with E-state index in [1.54, 1.807) is 24.3 Å². The number of Topliss-reactive ketones (excluding diaryl/α,β-unsaturated/α-hetero) is 1. The monoisotopic (exact) mass is 273 g/mol. The second kappa shape index (κ2) is 4.44. The molecule has 2 aliphatic heterocycles. The maximum atomic E-state index is 12.6. The molecule has 0 N–H and O–H groups in total. The molecule has 0 aliphatic carbocycles. The van der Waals surface area contributed by atoms with Crippen molar-refractivity contribution in [3.8, 4) is 0 Å². The van der Waals surface area contributed by atoms with Gasteiger partial charge in [0.25, 0.3) is 5.91 Å². The van der Waals surface area contributed by atoms with Gasteiger partial charge in [-0.3, -0.25) is 9.59 Å². The van der Waals surface area contributed by atoms with Crippen LogP contribution in [0.2, 0.25) is 0 Å². The minimum absolute atomic E-state index is 0.0501. The molecule has 104 valence electrons. The van der Waals surface area contributed by atoms with Crippen molar-refractivity contribution in [3.63, 3.8) is 0 Å². The van der Waals surface area contributed by atoms with Gasteiger partial charge in [-0.05, 0) is 25.0 Å². The molecule has 0 spiro atoms. The van der Waals surface area contributed by atoms with Crippen LogP contribution in [0.15, 0.2) is 30.3 Å². The number of benzene rings is 1. The number of hydrogen-bond acceptors (Lipinski definition) is 4. The van der Waals surface area contributed by atoms with Crippen LogP contribution in [0, 0.1) is 0 Å². The van der Waals surface area contributed by atoms with E-state index in [9.17, 15) is 14.4 Å². The Kier molecular flexibility index (Phi) is 2.85. The lowest BCUT2D eigenvalue weighted by Crippen LogP contribution is -2.51. The van der Waals surface area contributed by atoms with Crippen LogP contribution in [0.1, 0.15) is 29.6 Å². The fourth-order valence-electron chi connectivity index (χ4n) is 3.33. The molecule has 2 aliphatic rings. The molecule has 20 heavy (non-hydrogen) atoms. The molecule has 3 rings (SSSR count). The number of ketones is 1. The average molecular weight is 273 g/mol. The van der Waals surface area contributed by atoms with E-state index in [1.807, 2.05) is 6.07 Å². The number of rotatable bonds is 2. The van der Waals surface area contributed by atoms with Crippen molar-refractivity contribution in [2.45, 2.75) is 30.8 Å². The lowest BCUT2D eigenvalue weighted by atomic mass is 9.87. The lowest BCUT2D eigenvalue weighted by Gasteiger charge is -2.31. The third-order valence-corrected chi connectivity index (χ3v) is 4.25. The van der Waals surface area contributed by atoms with E-state index in [4.69, 9.17) is 4.74 Å². The van der Waals surface area contributed by atoms with Crippen molar-refractivity contribution in [3.05, 3.63) is 35.9 Å². The average Bonchev–Trinajstić information content (AvgIpc) is 2.99. The summed E-state index contributed by atoms with van der Waals surface area (Å²) in [5, 5.41) is 0. The Morgan fingerprint density at radius 1 is 1.30 bits per heavy atom. The van der Waals surface area contributed by atoms with Gasteiger partial charge in [-0.15, -0.1) is 0 Å². The third-order valence-electron chi connectivity index (χ3n) is 4.25. The van der Waals surface area contributed by atoms with E-state index >= 15 is 0 Å². The van der Waals surface area contributed by atoms with Crippen LogP contribution in [0.25, 0.3) is 0 Å². The highest BCUT2D eigenvalue weighted by atomic mass is 16.5. The van der Waals surface area contributed by atoms with Crippen molar-refractivity contribution in [2.75, 3.05) is 7.11 Å². The lowest BCUT2D eigenvalue weighted by molar-refractivity contribution is -0.151. The number of carbonyl (C=O) groups is 3. The molecule has 2 bridgehead atoms. The first-order valence-electron chi connectivity index (χ1n) is 6.60. The highest BCUT2D eigenvalue weighted by molar-refractivity contribution is 6.07. The molecule has 2 saturated heterocycles. The molecule has 2 fully saturated rings. The van der Waals surface area contributed by atoms with Gasteiger partial charge in [0.1, 0.15) is 5.54 Å². The molecule has 2 heterocycles. The molecule has 0 saturated carbocycles. The van der Waals surface area contributed by atoms with Crippen LogP contribution >= 0.6 is 0 Å². The summed E-state index contributed by atoms with van der Waals surface area (Å²) >= 11 is 0. The zero-order chi connectivity index (χ0) is 14.3. The number of methoxy groups -OCH3 is 1. The van der Waals surface area contributed by atoms with E-state index in [-0.39, 0.29) is 18.1 Å². The van der Waals surface area contributed by atoms with Crippen LogP contribution < -0.4 is 0 Å². The Morgan fingerprint density at radius 2 is 2.00 bits per heavy atom. The largest absolute Gasteiger partial charge is 0.467 e. The van der Waals surface area contributed by atoms with Crippen LogP contribution in [0.5, 0.6) is 0 Å². The van der Waals surface area contributed by atoms with E-state index < -0.39 is 17.6 Å². The fraction of sp³-hybridized carbons (Fsp3) is 0.400. The molecule has 0 radical (unpaired) electrons. The second-order valence-corrected chi connectivity index (χ2v) is 5.26. The molecule has 5 nitrogen and oxygen atoms in total. The number of amides is 1. The Hall–Kier alpha value is -2.17. The minimum Gasteiger partial charge on any atom is -0.467 e. The maximum Gasteiger partial charge on any atom is 0.332 e. The Labute approximate surface area is 116 Å². The van der Waals surface area contributed by atoms with Gasteiger partial charge in [0.15, 0.2) is 5.78 Å². The smallest absolute Gasteiger partial charge is 0.332 e. The van der Waals surface area contributed by atoms with Gasteiger partial charge < -0.3 is 9.64 Å². The Morgan fingerprint density at radius 3 is 2.60 bits per heavy atom. The van der Waals surface area contributed by atoms with Gasteiger partial charge in [0.05, 0.1) is 13.2 Å². The highest BCUT2D eigenvalue weighted by Crippen LogP contribution is 2.45. The second-order valence-electron chi connectivity index (χ2n) is 5.26.